The summed E-state index contributed by atoms with van der Waals surface area (Å²) < 4.78 is 6.32. The fraction of sp³-hybridized carbons (Fsp3) is 0.226. The minimum Gasteiger partial charge on any atom is -0.456 e. The molecule has 2 fully saturated rings. The smallest absolute Gasteiger partial charge is 0.136 e. The molecular weight excluding hydrogens is 775 g/mol. The van der Waals surface area contributed by atoms with Gasteiger partial charge < -0.3 is 9.32 Å². The lowest BCUT2D eigenvalue weighted by molar-refractivity contribution is 0.0233. The van der Waals surface area contributed by atoms with Gasteiger partial charge in [0.25, 0.3) is 0 Å². The number of hydrogen-bond donors (Lipinski definition) is 0. The fourth-order valence-electron chi connectivity index (χ4n) is 13.0. The summed E-state index contributed by atoms with van der Waals surface area (Å²) >= 11 is 0. The first kappa shape index (κ1) is 39.0. The quantitative estimate of drug-likeness (QED) is 0.166. The third-order valence-electron chi connectivity index (χ3n) is 15.8. The molecule has 1 heterocycles. The second kappa shape index (κ2) is 15.0. The number of para-hydroxylation sites is 1. The molecule has 1 spiro atoms. The van der Waals surface area contributed by atoms with Crippen LogP contribution in [0.25, 0.3) is 55.3 Å². The van der Waals surface area contributed by atoms with E-state index in [0.717, 1.165) is 50.7 Å². The van der Waals surface area contributed by atoms with Crippen molar-refractivity contribution in [3.63, 3.8) is 0 Å². The third-order valence-corrected chi connectivity index (χ3v) is 15.8. The van der Waals surface area contributed by atoms with E-state index in [0.29, 0.717) is 11.8 Å². The fourth-order valence-corrected chi connectivity index (χ4v) is 13.0. The van der Waals surface area contributed by atoms with E-state index in [1.807, 2.05) is 6.07 Å². The average Bonchev–Trinajstić information content (AvgIpc) is 3.70. The van der Waals surface area contributed by atoms with Crippen LogP contribution in [0.3, 0.4) is 0 Å². The van der Waals surface area contributed by atoms with Crippen molar-refractivity contribution >= 4 is 39.0 Å². The van der Waals surface area contributed by atoms with Crippen LogP contribution in [0.15, 0.2) is 192 Å². The van der Waals surface area contributed by atoms with Crippen LogP contribution in [0.1, 0.15) is 75.6 Å². The van der Waals surface area contributed by atoms with Gasteiger partial charge in [-0.25, -0.2) is 0 Å². The summed E-state index contributed by atoms with van der Waals surface area (Å²) in [5.74, 6) is 2.72. The number of nitrogens with zero attached hydrogens (tertiary/aromatic N) is 1. The molecule has 0 amide bonds. The lowest BCUT2D eigenvalue weighted by atomic mass is 9.42. The molecule has 2 bridgehead atoms. The maximum Gasteiger partial charge on any atom is 0.136 e. The van der Waals surface area contributed by atoms with Crippen LogP contribution >= 0.6 is 0 Å². The molecule has 0 radical (unpaired) electrons. The standard InChI is InChI=1S/C62H55NO/c1-40-34-48-36-41(2)37-49(35-40)62(48)57-16-10-9-15-55(57)61(3,4)56-33-31-52(39-58(56)62)63(50-27-22-45(23-28-50)44-20-18-43(19-21-44)42-12-6-5-7-13-42)51-29-24-46(25-30-51)47-26-32-54-53-14-8-11-17-59(53)64-60(54)38-47/h5-33,38-41,48-49H,34-37H2,1-4H3/t40-,41+,48+,49-,62?. The molecule has 8 aromatic carbocycles. The average molecular weight is 830 g/mol. The Kier molecular flexibility index (Phi) is 9.13. The van der Waals surface area contributed by atoms with Gasteiger partial charge in [-0.05, 0) is 160 Å². The molecule has 1 aromatic heterocycles. The number of fused-ring (bicyclic) bond motifs is 5. The molecule has 314 valence electrons. The Morgan fingerprint density at radius 3 is 1.47 bits per heavy atom. The zero-order chi connectivity index (χ0) is 43.2. The first-order valence-corrected chi connectivity index (χ1v) is 23.6. The SMILES string of the molecule is CC1(C)c2ccccc2C2(c3cc(N(c4ccc(-c5ccc(-c6ccccc6)cc5)cc4)c4ccc(-c5ccc6c(c5)oc5ccccc56)cc4)ccc31)[C@H]1C[C@@H](C)C[C@@H]2C[C@@H](C)C1. The van der Waals surface area contributed by atoms with Crippen molar-refractivity contribution in [1.82, 2.24) is 0 Å². The zero-order valence-electron chi connectivity index (χ0n) is 37.4. The molecule has 3 aliphatic rings. The van der Waals surface area contributed by atoms with E-state index >= 15 is 0 Å². The molecule has 2 heteroatoms. The van der Waals surface area contributed by atoms with Gasteiger partial charge in [-0.2, -0.15) is 0 Å². The van der Waals surface area contributed by atoms with E-state index < -0.39 is 0 Å². The summed E-state index contributed by atoms with van der Waals surface area (Å²) in [5, 5.41) is 2.31. The molecule has 64 heavy (non-hydrogen) atoms. The lowest BCUT2D eigenvalue weighted by Crippen LogP contribution is -2.56. The third kappa shape index (κ3) is 6.13. The molecule has 0 atom stereocenters. The number of anilines is 3. The van der Waals surface area contributed by atoms with Crippen LogP contribution in [-0.4, -0.2) is 0 Å². The van der Waals surface area contributed by atoms with Crippen LogP contribution in [0.2, 0.25) is 0 Å². The Balaban J connectivity index is 0.988. The molecule has 0 aliphatic heterocycles. The van der Waals surface area contributed by atoms with Crippen molar-refractivity contribution in [2.75, 3.05) is 4.90 Å². The molecule has 2 nitrogen and oxygen atoms in total. The maximum atomic E-state index is 6.32. The Bertz CT molecular complexity index is 3140. The van der Waals surface area contributed by atoms with Gasteiger partial charge in [0, 0.05) is 38.7 Å². The summed E-state index contributed by atoms with van der Waals surface area (Å²) in [6.07, 6.45) is 5.16. The Morgan fingerprint density at radius 1 is 0.391 bits per heavy atom. The second-order valence-electron chi connectivity index (χ2n) is 20.0. The van der Waals surface area contributed by atoms with Crippen molar-refractivity contribution in [2.24, 2.45) is 23.7 Å². The van der Waals surface area contributed by atoms with Crippen LogP contribution < -0.4 is 4.90 Å². The Labute approximate surface area is 378 Å². The van der Waals surface area contributed by atoms with Crippen molar-refractivity contribution in [3.8, 4) is 33.4 Å². The van der Waals surface area contributed by atoms with E-state index in [4.69, 9.17) is 4.42 Å². The number of benzene rings is 8. The van der Waals surface area contributed by atoms with Gasteiger partial charge in [-0.1, -0.05) is 161 Å². The highest BCUT2D eigenvalue weighted by atomic mass is 16.3. The van der Waals surface area contributed by atoms with Gasteiger partial charge in [0.2, 0.25) is 0 Å². The van der Waals surface area contributed by atoms with Crippen molar-refractivity contribution in [1.29, 1.82) is 0 Å². The van der Waals surface area contributed by atoms with Crippen LogP contribution in [0.5, 0.6) is 0 Å². The monoisotopic (exact) mass is 829 g/mol. The highest BCUT2D eigenvalue weighted by Gasteiger charge is 2.59. The van der Waals surface area contributed by atoms with E-state index in [2.05, 4.69) is 215 Å². The summed E-state index contributed by atoms with van der Waals surface area (Å²) in [6.45, 7) is 9.96. The number of furan rings is 1. The molecule has 9 aromatic rings. The Hall–Kier alpha value is -6.64. The van der Waals surface area contributed by atoms with Crippen molar-refractivity contribution < 1.29 is 4.42 Å². The molecule has 0 unspecified atom stereocenters. The minimum absolute atomic E-state index is 0.00290. The molecule has 0 saturated heterocycles. The van der Waals surface area contributed by atoms with E-state index in [1.54, 1.807) is 11.1 Å². The predicted octanol–water partition coefficient (Wildman–Crippen LogP) is 17.1. The second-order valence-corrected chi connectivity index (χ2v) is 20.0. The van der Waals surface area contributed by atoms with E-state index in [9.17, 15) is 0 Å². The van der Waals surface area contributed by atoms with Crippen LogP contribution in [0.4, 0.5) is 17.1 Å². The zero-order valence-corrected chi connectivity index (χ0v) is 37.4. The van der Waals surface area contributed by atoms with Crippen molar-refractivity contribution in [3.05, 3.63) is 210 Å². The number of hydrogen-bond acceptors (Lipinski definition) is 2. The first-order chi connectivity index (χ1) is 31.3. The normalized spacial score (nSPS) is 22.0. The maximum absolute atomic E-state index is 6.32. The summed E-state index contributed by atoms with van der Waals surface area (Å²) in [4.78, 5) is 2.50. The summed E-state index contributed by atoms with van der Waals surface area (Å²) in [7, 11) is 0. The molecule has 0 N–H and O–H groups in total. The Morgan fingerprint density at radius 2 is 0.844 bits per heavy atom. The molecule has 12 rings (SSSR count). The molecule has 2 saturated carbocycles. The van der Waals surface area contributed by atoms with Gasteiger partial charge in [-0.3, -0.25) is 0 Å². The van der Waals surface area contributed by atoms with E-state index in [1.165, 1.54) is 70.3 Å². The first-order valence-electron chi connectivity index (χ1n) is 23.6. The highest BCUT2D eigenvalue weighted by Crippen LogP contribution is 2.65. The van der Waals surface area contributed by atoms with Gasteiger partial charge in [-0.15, -0.1) is 0 Å². The van der Waals surface area contributed by atoms with Crippen LogP contribution in [0, 0.1) is 23.7 Å². The van der Waals surface area contributed by atoms with Gasteiger partial charge in [0.15, 0.2) is 0 Å². The van der Waals surface area contributed by atoms with Gasteiger partial charge in [0.1, 0.15) is 11.2 Å². The van der Waals surface area contributed by atoms with Gasteiger partial charge in [0.05, 0.1) is 0 Å². The minimum atomic E-state index is -0.107. The highest BCUT2D eigenvalue weighted by molar-refractivity contribution is 6.05. The summed E-state index contributed by atoms with van der Waals surface area (Å²) in [6, 6.07) is 70.1. The number of rotatable bonds is 6. The predicted molar refractivity (Wildman–Crippen MR) is 268 cm³/mol. The van der Waals surface area contributed by atoms with Gasteiger partial charge >= 0.3 is 0 Å². The largest absolute Gasteiger partial charge is 0.456 e. The molecular formula is C62H55NO. The van der Waals surface area contributed by atoms with Crippen LogP contribution in [-0.2, 0) is 10.8 Å². The lowest BCUT2D eigenvalue weighted by Gasteiger charge is -2.61. The topological polar surface area (TPSA) is 16.4 Å². The van der Waals surface area contributed by atoms with Crippen molar-refractivity contribution in [2.45, 2.75) is 64.2 Å². The molecule has 3 aliphatic carbocycles. The van der Waals surface area contributed by atoms with E-state index in [-0.39, 0.29) is 10.8 Å². The summed E-state index contributed by atoms with van der Waals surface area (Å²) in [5.41, 5.74) is 18.6.